The van der Waals surface area contributed by atoms with Crippen molar-refractivity contribution in [3.05, 3.63) is 52.5 Å². The molecule has 0 aliphatic heterocycles. The Morgan fingerprint density at radius 3 is 2.70 bits per heavy atom. The number of rotatable bonds is 3. The van der Waals surface area contributed by atoms with Gasteiger partial charge in [0.15, 0.2) is 0 Å². The normalized spacial score (nSPS) is 10.2. The number of benzene rings is 2. The summed E-state index contributed by atoms with van der Waals surface area (Å²) in [6.07, 6.45) is 0. The molecule has 0 aliphatic rings. The molecule has 5 heteroatoms. The second-order valence-corrected chi connectivity index (χ2v) is 4.75. The number of methoxy groups -OCH3 is 1. The highest BCUT2D eigenvalue weighted by atomic mass is 35.5. The number of nitrogens with one attached hydrogen (secondary N) is 1. The Bertz CT molecular complexity index is 636. The Hall–Kier alpha value is -2.20. The van der Waals surface area contributed by atoms with Crippen LogP contribution in [0.5, 0.6) is 5.75 Å². The summed E-state index contributed by atoms with van der Waals surface area (Å²) in [5.74, 6) is 0.318. The first-order chi connectivity index (χ1) is 9.52. The van der Waals surface area contributed by atoms with Crippen LogP contribution in [0.15, 0.2) is 36.4 Å². The minimum Gasteiger partial charge on any atom is -0.497 e. The van der Waals surface area contributed by atoms with Crippen LogP contribution in [-0.2, 0) is 0 Å². The highest BCUT2D eigenvalue weighted by Crippen LogP contribution is 2.28. The van der Waals surface area contributed by atoms with E-state index in [1.165, 1.54) is 0 Å². The molecule has 2 aromatic carbocycles. The van der Waals surface area contributed by atoms with E-state index < -0.39 is 0 Å². The van der Waals surface area contributed by atoms with E-state index in [9.17, 15) is 4.79 Å². The second-order valence-electron chi connectivity index (χ2n) is 4.34. The molecule has 20 heavy (non-hydrogen) atoms. The molecule has 3 N–H and O–H groups in total. The molecule has 0 atom stereocenters. The van der Waals surface area contributed by atoms with E-state index in [1.54, 1.807) is 37.4 Å². The maximum absolute atomic E-state index is 12.3. The number of ether oxygens (including phenoxy) is 1. The van der Waals surface area contributed by atoms with Crippen LogP contribution in [0, 0.1) is 6.92 Å². The Morgan fingerprint density at radius 2 is 2.05 bits per heavy atom. The number of halogens is 1. The van der Waals surface area contributed by atoms with Crippen molar-refractivity contribution in [1.82, 2.24) is 0 Å². The fourth-order valence-corrected chi connectivity index (χ4v) is 2.08. The largest absolute Gasteiger partial charge is 0.497 e. The monoisotopic (exact) mass is 290 g/mol. The van der Waals surface area contributed by atoms with E-state index in [0.29, 0.717) is 27.7 Å². The first-order valence-electron chi connectivity index (χ1n) is 6.03. The van der Waals surface area contributed by atoms with Crippen LogP contribution in [0.25, 0.3) is 0 Å². The van der Waals surface area contributed by atoms with Crippen LogP contribution in [0.4, 0.5) is 11.4 Å². The number of amides is 1. The van der Waals surface area contributed by atoms with Crippen LogP contribution < -0.4 is 15.8 Å². The zero-order chi connectivity index (χ0) is 14.7. The van der Waals surface area contributed by atoms with Gasteiger partial charge in [-0.3, -0.25) is 4.79 Å². The molecule has 1 amide bonds. The first kappa shape index (κ1) is 14.2. The Balaban J connectivity index is 2.33. The van der Waals surface area contributed by atoms with Gasteiger partial charge in [0.05, 0.1) is 23.4 Å². The number of carbonyl (C=O) groups excluding carboxylic acids is 1. The zero-order valence-corrected chi connectivity index (χ0v) is 12.0. The number of carbonyl (C=O) groups is 1. The predicted molar refractivity (Wildman–Crippen MR) is 81.5 cm³/mol. The van der Waals surface area contributed by atoms with Gasteiger partial charge < -0.3 is 15.8 Å². The molecule has 0 spiro atoms. The van der Waals surface area contributed by atoms with Gasteiger partial charge in [-0.2, -0.15) is 0 Å². The number of hydrogen-bond acceptors (Lipinski definition) is 3. The first-order valence-corrected chi connectivity index (χ1v) is 6.40. The lowest BCUT2D eigenvalue weighted by Crippen LogP contribution is -2.15. The summed E-state index contributed by atoms with van der Waals surface area (Å²) in [6.45, 7) is 1.83. The van der Waals surface area contributed by atoms with Crippen molar-refractivity contribution in [2.45, 2.75) is 6.92 Å². The van der Waals surface area contributed by atoms with E-state index in [2.05, 4.69) is 5.32 Å². The third-order valence-electron chi connectivity index (χ3n) is 2.95. The third-order valence-corrected chi connectivity index (χ3v) is 3.28. The summed E-state index contributed by atoms with van der Waals surface area (Å²) in [7, 11) is 1.55. The van der Waals surface area contributed by atoms with Crippen LogP contribution >= 0.6 is 11.6 Å². The molecule has 104 valence electrons. The van der Waals surface area contributed by atoms with Crippen molar-refractivity contribution in [2.24, 2.45) is 0 Å². The molecule has 0 aliphatic carbocycles. The molecule has 0 saturated heterocycles. The molecule has 0 bridgehead atoms. The van der Waals surface area contributed by atoms with Gasteiger partial charge in [-0.15, -0.1) is 0 Å². The molecule has 2 aromatic rings. The fourth-order valence-electron chi connectivity index (χ4n) is 1.91. The van der Waals surface area contributed by atoms with Crippen LogP contribution in [0.1, 0.15) is 15.9 Å². The maximum atomic E-state index is 12.3. The van der Waals surface area contributed by atoms with Gasteiger partial charge in [-0.25, -0.2) is 0 Å². The van der Waals surface area contributed by atoms with Crippen molar-refractivity contribution in [2.75, 3.05) is 18.2 Å². The lowest BCUT2D eigenvalue weighted by atomic mass is 10.1. The average Bonchev–Trinajstić information content (AvgIpc) is 2.41. The van der Waals surface area contributed by atoms with E-state index in [4.69, 9.17) is 22.1 Å². The zero-order valence-electron chi connectivity index (χ0n) is 11.2. The van der Waals surface area contributed by atoms with Gasteiger partial charge in [0, 0.05) is 11.8 Å². The molecular weight excluding hydrogens is 276 g/mol. The van der Waals surface area contributed by atoms with Crippen molar-refractivity contribution >= 4 is 28.9 Å². The molecule has 0 heterocycles. The molecule has 0 unspecified atom stereocenters. The minimum atomic E-state index is -0.296. The number of nitrogens with two attached hydrogens (primary N) is 1. The Kier molecular flexibility index (Phi) is 4.15. The summed E-state index contributed by atoms with van der Waals surface area (Å²) in [5.41, 5.74) is 8.03. The summed E-state index contributed by atoms with van der Waals surface area (Å²) < 4.78 is 5.11. The van der Waals surface area contributed by atoms with Gasteiger partial charge in [0.2, 0.25) is 0 Å². The summed E-state index contributed by atoms with van der Waals surface area (Å²) in [6, 6.07) is 10.4. The molecule has 0 fully saturated rings. The SMILES string of the molecule is COc1ccc(Cl)c(NC(=O)c2c(C)cccc2N)c1. The van der Waals surface area contributed by atoms with Crippen LogP contribution in [-0.4, -0.2) is 13.0 Å². The standard InChI is InChI=1S/C15H15ClN2O2/c1-9-4-3-5-12(17)14(9)15(19)18-13-8-10(20-2)6-7-11(13)16/h3-8H,17H2,1-2H3,(H,18,19). The molecule has 2 rings (SSSR count). The lowest BCUT2D eigenvalue weighted by molar-refractivity contribution is 0.102. The van der Waals surface area contributed by atoms with Gasteiger partial charge in [0.25, 0.3) is 5.91 Å². The molecule has 0 aromatic heterocycles. The van der Waals surface area contributed by atoms with E-state index in [-0.39, 0.29) is 5.91 Å². The van der Waals surface area contributed by atoms with Crippen LogP contribution in [0.3, 0.4) is 0 Å². The van der Waals surface area contributed by atoms with Gasteiger partial charge in [-0.1, -0.05) is 23.7 Å². The summed E-state index contributed by atoms with van der Waals surface area (Å²) >= 11 is 6.06. The molecule has 0 radical (unpaired) electrons. The average molecular weight is 291 g/mol. The van der Waals surface area contributed by atoms with E-state index in [1.807, 2.05) is 13.0 Å². The highest BCUT2D eigenvalue weighted by molar-refractivity contribution is 6.34. The van der Waals surface area contributed by atoms with E-state index >= 15 is 0 Å². The van der Waals surface area contributed by atoms with Crippen LogP contribution in [0.2, 0.25) is 5.02 Å². The maximum Gasteiger partial charge on any atom is 0.258 e. The molecule has 4 nitrogen and oxygen atoms in total. The third kappa shape index (κ3) is 2.86. The number of anilines is 2. The number of nitrogen functional groups attached to an aromatic ring is 1. The van der Waals surface area contributed by atoms with Crippen molar-refractivity contribution in [1.29, 1.82) is 0 Å². The van der Waals surface area contributed by atoms with Crippen molar-refractivity contribution in [3.63, 3.8) is 0 Å². The van der Waals surface area contributed by atoms with Crippen molar-refractivity contribution < 1.29 is 9.53 Å². The molecular formula is C15H15ClN2O2. The number of hydrogen-bond donors (Lipinski definition) is 2. The summed E-state index contributed by atoms with van der Waals surface area (Å²) in [4.78, 5) is 12.3. The molecule has 0 saturated carbocycles. The topological polar surface area (TPSA) is 64.3 Å². The Labute approximate surface area is 122 Å². The van der Waals surface area contributed by atoms with Gasteiger partial charge in [0.1, 0.15) is 5.75 Å². The number of aryl methyl sites for hydroxylation is 1. The van der Waals surface area contributed by atoms with Crippen molar-refractivity contribution in [3.8, 4) is 5.75 Å². The predicted octanol–water partition coefficient (Wildman–Crippen LogP) is 3.49. The quantitative estimate of drug-likeness (QED) is 0.851. The second kappa shape index (κ2) is 5.84. The van der Waals surface area contributed by atoms with Gasteiger partial charge in [-0.05, 0) is 30.7 Å². The summed E-state index contributed by atoms with van der Waals surface area (Å²) in [5, 5.41) is 3.19. The van der Waals surface area contributed by atoms with Gasteiger partial charge >= 0.3 is 0 Å². The lowest BCUT2D eigenvalue weighted by Gasteiger charge is -2.12. The van der Waals surface area contributed by atoms with E-state index in [0.717, 1.165) is 5.56 Å². The Morgan fingerprint density at radius 1 is 1.30 bits per heavy atom. The fraction of sp³-hybridized carbons (Fsp3) is 0.133. The highest BCUT2D eigenvalue weighted by Gasteiger charge is 2.14. The minimum absolute atomic E-state index is 0.296. The smallest absolute Gasteiger partial charge is 0.258 e.